The number of carboxylic acid groups (broad SMARTS) is 1. The molecule has 1 fully saturated rings. The Morgan fingerprint density at radius 3 is 2.50 bits per heavy atom. The second-order valence-electron chi connectivity index (χ2n) is 7.10. The number of benzene rings is 1. The Morgan fingerprint density at radius 2 is 1.90 bits per heavy atom. The molecule has 0 aliphatic carbocycles. The molecule has 0 bridgehead atoms. The largest absolute Gasteiger partial charge is 0.480 e. The van der Waals surface area contributed by atoms with Crippen molar-refractivity contribution in [2.75, 3.05) is 31.1 Å². The molecule has 4 rings (SSSR count). The number of halogens is 4. The number of pyridine rings is 1. The van der Waals surface area contributed by atoms with Crippen molar-refractivity contribution in [2.24, 2.45) is 0 Å². The molecule has 30 heavy (non-hydrogen) atoms. The second kappa shape index (κ2) is 7.92. The summed E-state index contributed by atoms with van der Waals surface area (Å²) in [6.07, 6.45) is -1.88. The van der Waals surface area contributed by atoms with Gasteiger partial charge in [0.25, 0.3) is 0 Å². The van der Waals surface area contributed by atoms with E-state index >= 15 is 0 Å². The second-order valence-corrected chi connectivity index (χ2v) is 8.02. The number of nitrogens with zero attached hydrogens (tertiary/aromatic N) is 3. The Kier molecular flexibility index (Phi) is 5.46. The van der Waals surface area contributed by atoms with E-state index in [1.807, 2.05) is 28.0 Å². The van der Waals surface area contributed by atoms with E-state index in [1.165, 1.54) is 6.07 Å². The van der Waals surface area contributed by atoms with Gasteiger partial charge in [0.1, 0.15) is 11.9 Å². The normalized spacial score (nSPS) is 16.7. The lowest BCUT2D eigenvalue weighted by atomic mass is 10.0. The van der Waals surface area contributed by atoms with Crippen molar-refractivity contribution in [2.45, 2.75) is 12.2 Å². The lowest BCUT2D eigenvalue weighted by Crippen LogP contribution is -2.49. The number of aromatic nitrogens is 2. The number of fused-ring (bicyclic) bond motifs is 1. The smallest absolute Gasteiger partial charge is 0.417 e. The quantitative estimate of drug-likeness (QED) is 0.580. The molecule has 1 atom stereocenters. The maximum absolute atomic E-state index is 12.7. The monoisotopic (exact) mass is 482 g/mol. The van der Waals surface area contributed by atoms with Crippen LogP contribution < -0.4 is 4.90 Å². The van der Waals surface area contributed by atoms with Crippen LogP contribution >= 0.6 is 15.9 Å². The number of H-pyrrole nitrogens is 1. The predicted octanol–water partition coefficient (Wildman–Crippen LogP) is 4.29. The van der Waals surface area contributed by atoms with E-state index in [9.17, 15) is 23.1 Å². The Hall–Kier alpha value is -2.59. The number of hydrogen-bond donors (Lipinski definition) is 2. The van der Waals surface area contributed by atoms with E-state index in [-0.39, 0.29) is 0 Å². The number of piperazine rings is 1. The van der Waals surface area contributed by atoms with Gasteiger partial charge in [-0.25, -0.2) is 4.98 Å². The van der Waals surface area contributed by atoms with E-state index in [0.29, 0.717) is 37.6 Å². The minimum absolute atomic E-state index is 0.445. The van der Waals surface area contributed by atoms with Crippen molar-refractivity contribution in [1.82, 2.24) is 14.9 Å². The molecule has 1 aromatic carbocycles. The summed E-state index contributed by atoms with van der Waals surface area (Å²) in [4.78, 5) is 22.9. The van der Waals surface area contributed by atoms with Crippen molar-refractivity contribution < 1.29 is 23.1 Å². The number of nitrogens with one attached hydrogen (secondary N) is 1. The summed E-state index contributed by atoms with van der Waals surface area (Å²) in [6.45, 7) is 1.82. The first-order valence-electron chi connectivity index (χ1n) is 9.25. The van der Waals surface area contributed by atoms with Crippen molar-refractivity contribution in [3.8, 4) is 0 Å². The van der Waals surface area contributed by atoms with Gasteiger partial charge in [0, 0.05) is 59.5 Å². The van der Waals surface area contributed by atoms with Gasteiger partial charge in [-0.2, -0.15) is 13.2 Å². The molecule has 6 nitrogen and oxygen atoms in total. The summed E-state index contributed by atoms with van der Waals surface area (Å²) in [7, 11) is 0. The molecule has 1 aliphatic heterocycles. The number of alkyl halides is 3. The third-order valence-corrected chi connectivity index (χ3v) is 5.78. The molecule has 0 radical (unpaired) electrons. The van der Waals surface area contributed by atoms with Crippen LogP contribution in [-0.2, 0) is 11.0 Å². The summed E-state index contributed by atoms with van der Waals surface area (Å²) in [6, 6.07) is 7.20. The zero-order valence-electron chi connectivity index (χ0n) is 15.7. The minimum atomic E-state index is -4.42. The number of carbonyl (C=O) groups is 1. The Balaban J connectivity index is 1.51. The SMILES string of the molecule is O=C(O)[C@H](c1c[nH]c2ccc(Br)cc12)N1CCN(c2ccc(C(F)(F)F)cn2)CC1. The fraction of sp³-hybridized carbons (Fsp3) is 0.300. The van der Waals surface area contributed by atoms with Crippen LogP contribution in [0.1, 0.15) is 17.2 Å². The fourth-order valence-electron chi connectivity index (χ4n) is 3.78. The molecule has 158 valence electrons. The van der Waals surface area contributed by atoms with Crippen LogP contribution in [0.4, 0.5) is 19.0 Å². The third-order valence-electron chi connectivity index (χ3n) is 5.28. The summed E-state index contributed by atoms with van der Waals surface area (Å²) < 4.78 is 39.0. The molecule has 3 aromatic rings. The highest BCUT2D eigenvalue weighted by molar-refractivity contribution is 9.10. The predicted molar refractivity (Wildman–Crippen MR) is 109 cm³/mol. The molecular weight excluding hydrogens is 465 g/mol. The highest BCUT2D eigenvalue weighted by Gasteiger charge is 2.33. The van der Waals surface area contributed by atoms with E-state index in [4.69, 9.17) is 0 Å². The van der Waals surface area contributed by atoms with E-state index in [2.05, 4.69) is 25.9 Å². The van der Waals surface area contributed by atoms with Gasteiger partial charge < -0.3 is 15.0 Å². The molecule has 10 heteroatoms. The van der Waals surface area contributed by atoms with Crippen LogP contribution in [-0.4, -0.2) is 52.1 Å². The van der Waals surface area contributed by atoms with Gasteiger partial charge in [0.05, 0.1) is 5.56 Å². The Morgan fingerprint density at radius 1 is 1.17 bits per heavy atom. The Labute approximate surface area is 178 Å². The summed E-state index contributed by atoms with van der Waals surface area (Å²) >= 11 is 3.43. The van der Waals surface area contributed by atoms with Crippen LogP contribution in [0.2, 0.25) is 0 Å². The van der Waals surface area contributed by atoms with Crippen LogP contribution in [0, 0.1) is 0 Å². The van der Waals surface area contributed by atoms with Crippen LogP contribution in [0.5, 0.6) is 0 Å². The number of aliphatic carboxylic acids is 1. The first-order valence-corrected chi connectivity index (χ1v) is 10.0. The van der Waals surface area contributed by atoms with Gasteiger partial charge in [0.2, 0.25) is 0 Å². The third kappa shape index (κ3) is 4.01. The zero-order chi connectivity index (χ0) is 21.5. The summed E-state index contributed by atoms with van der Waals surface area (Å²) in [5.41, 5.74) is 0.744. The summed E-state index contributed by atoms with van der Waals surface area (Å²) in [5, 5.41) is 10.8. The van der Waals surface area contributed by atoms with Gasteiger partial charge in [-0.15, -0.1) is 0 Å². The fourth-order valence-corrected chi connectivity index (χ4v) is 4.14. The molecule has 2 aromatic heterocycles. The molecule has 0 amide bonds. The van der Waals surface area contributed by atoms with Gasteiger partial charge in [0.15, 0.2) is 0 Å². The highest BCUT2D eigenvalue weighted by Crippen LogP contribution is 2.32. The van der Waals surface area contributed by atoms with Crippen LogP contribution in [0.25, 0.3) is 10.9 Å². The molecular formula is C20H18BrF3N4O2. The first-order chi connectivity index (χ1) is 14.2. The van der Waals surface area contributed by atoms with Gasteiger partial charge >= 0.3 is 12.1 Å². The maximum atomic E-state index is 12.7. The number of rotatable bonds is 4. The van der Waals surface area contributed by atoms with Crippen molar-refractivity contribution in [1.29, 1.82) is 0 Å². The molecule has 0 spiro atoms. The number of hydrogen-bond acceptors (Lipinski definition) is 4. The zero-order valence-corrected chi connectivity index (χ0v) is 17.2. The average Bonchev–Trinajstić information content (AvgIpc) is 3.11. The standard InChI is InChI=1S/C20H18BrF3N4O2/c21-13-2-3-16-14(9-13)15(11-25-16)18(19(29)30)28-7-5-27(6-8-28)17-4-1-12(10-26-17)20(22,23)24/h1-4,9-11,18,25H,5-8H2,(H,29,30)/t18-/m0/s1. The van der Waals surface area contributed by atoms with Gasteiger partial charge in [-0.1, -0.05) is 15.9 Å². The first kappa shape index (κ1) is 20.7. The number of carboxylic acids is 1. The average molecular weight is 483 g/mol. The number of aromatic amines is 1. The Bertz CT molecular complexity index is 1060. The van der Waals surface area contributed by atoms with Gasteiger partial charge in [-0.3, -0.25) is 9.69 Å². The van der Waals surface area contributed by atoms with E-state index in [0.717, 1.165) is 27.6 Å². The molecule has 0 saturated carbocycles. The van der Waals surface area contributed by atoms with Crippen molar-refractivity contribution in [3.63, 3.8) is 0 Å². The number of anilines is 1. The van der Waals surface area contributed by atoms with Crippen molar-refractivity contribution in [3.05, 3.63) is 58.3 Å². The van der Waals surface area contributed by atoms with Gasteiger partial charge in [-0.05, 0) is 30.3 Å². The summed E-state index contributed by atoms with van der Waals surface area (Å²) in [5.74, 6) is -0.498. The van der Waals surface area contributed by atoms with Crippen molar-refractivity contribution >= 4 is 38.6 Å². The molecule has 3 heterocycles. The topological polar surface area (TPSA) is 72.5 Å². The molecule has 1 saturated heterocycles. The highest BCUT2D eigenvalue weighted by atomic mass is 79.9. The van der Waals surface area contributed by atoms with E-state index in [1.54, 1.807) is 6.20 Å². The molecule has 2 N–H and O–H groups in total. The molecule has 0 unspecified atom stereocenters. The van der Waals surface area contributed by atoms with Crippen LogP contribution in [0.3, 0.4) is 0 Å². The van der Waals surface area contributed by atoms with E-state index < -0.39 is 23.8 Å². The molecule has 1 aliphatic rings. The van der Waals surface area contributed by atoms with Crippen LogP contribution in [0.15, 0.2) is 47.2 Å². The minimum Gasteiger partial charge on any atom is -0.480 e. The lowest BCUT2D eigenvalue weighted by molar-refractivity contribution is -0.143. The lowest BCUT2D eigenvalue weighted by Gasteiger charge is -2.38. The maximum Gasteiger partial charge on any atom is 0.417 e.